The molecule has 2 atom stereocenters. The minimum atomic E-state index is 0.210. The van der Waals surface area contributed by atoms with E-state index in [1.165, 1.54) is 5.56 Å². The number of rotatable bonds is 5. The van der Waals surface area contributed by atoms with Crippen molar-refractivity contribution in [2.24, 2.45) is 11.3 Å². The van der Waals surface area contributed by atoms with Gasteiger partial charge in [0.15, 0.2) is 5.78 Å². The molecule has 20 heavy (non-hydrogen) atoms. The molecule has 0 aliphatic rings. The molecule has 0 heterocycles. The Morgan fingerprint density at radius 1 is 1.15 bits per heavy atom. The number of hydrogen-bond acceptors (Lipinski definition) is 2. The van der Waals surface area contributed by atoms with Crippen LogP contribution in [-0.4, -0.2) is 24.8 Å². The van der Waals surface area contributed by atoms with E-state index in [1.807, 2.05) is 19.1 Å². The molecule has 0 aliphatic heterocycles. The summed E-state index contributed by atoms with van der Waals surface area (Å²) < 4.78 is 0. The molecule has 0 saturated heterocycles. The van der Waals surface area contributed by atoms with Crippen LogP contribution >= 0.6 is 0 Å². The highest BCUT2D eigenvalue weighted by Gasteiger charge is 2.30. The predicted octanol–water partition coefficient (Wildman–Crippen LogP) is 4.56. The van der Waals surface area contributed by atoms with Gasteiger partial charge in [0, 0.05) is 18.0 Å². The van der Waals surface area contributed by atoms with Crippen molar-refractivity contribution in [1.29, 1.82) is 0 Å². The molecule has 0 spiro atoms. The van der Waals surface area contributed by atoms with Gasteiger partial charge in [-0.3, -0.25) is 4.79 Å². The summed E-state index contributed by atoms with van der Waals surface area (Å²) in [6.45, 7) is 11.0. The van der Waals surface area contributed by atoms with Crippen LogP contribution in [0.15, 0.2) is 24.3 Å². The van der Waals surface area contributed by atoms with Crippen molar-refractivity contribution in [1.82, 2.24) is 4.90 Å². The van der Waals surface area contributed by atoms with Crippen molar-refractivity contribution in [3.05, 3.63) is 35.4 Å². The Balaban J connectivity index is 3.08. The van der Waals surface area contributed by atoms with E-state index in [4.69, 9.17) is 0 Å². The highest BCUT2D eigenvalue weighted by molar-refractivity contribution is 5.95. The van der Waals surface area contributed by atoms with E-state index >= 15 is 0 Å². The zero-order valence-electron chi connectivity index (χ0n) is 14.0. The van der Waals surface area contributed by atoms with Crippen molar-refractivity contribution in [2.45, 2.75) is 47.1 Å². The molecule has 0 aromatic heterocycles. The van der Waals surface area contributed by atoms with Gasteiger partial charge in [-0.1, -0.05) is 58.9 Å². The third-order valence-electron chi connectivity index (χ3n) is 4.29. The lowest BCUT2D eigenvalue weighted by Gasteiger charge is -2.38. The van der Waals surface area contributed by atoms with Gasteiger partial charge < -0.3 is 4.90 Å². The van der Waals surface area contributed by atoms with Crippen LogP contribution in [0.1, 0.15) is 63.0 Å². The molecule has 0 fully saturated rings. The Morgan fingerprint density at radius 2 is 1.65 bits per heavy atom. The van der Waals surface area contributed by atoms with E-state index in [1.54, 1.807) is 0 Å². The highest BCUT2D eigenvalue weighted by Crippen LogP contribution is 2.38. The summed E-state index contributed by atoms with van der Waals surface area (Å²) in [5, 5.41) is 0. The largest absolute Gasteiger partial charge is 0.302 e. The minimum absolute atomic E-state index is 0.210. The average molecular weight is 275 g/mol. The van der Waals surface area contributed by atoms with Crippen molar-refractivity contribution in [3.8, 4) is 0 Å². The van der Waals surface area contributed by atoms with E-state index in [9.17, 15) is 4.79 Å². The molecule has 0 radical (unpaired) electrons. The van der Waals surface area contributed by atoms with Gasteiger partial charge in [-0.05, 0) is 31.0 Å². The molecular formula is C18H29NO. The zero-order valence-corrected chi connectivity index (χ0v) is 14.0. The number of nitrogens with zero attached hydrogens (tertiary/aromatic N) is 1. The first kappa shape index (κ1) is 16.9. The van der Waals surface area contributed by atoms with Gasteiger partial charge in [-0.25, -0.2) is 0 Å². The van der Waals surface area contributed by atoms with Crippen LogP contribution in [0.25, 0.3) is 0 Å². The van der Waals surface area contributed by atoms with Gasteiger partial charge in [-0.15, -0.1) is 0 Å². The Labute approximate surface area is 124 Å². The molecule has 1 rings (SSSR count). The molecule has 1 aromatic carbocycles. The zero-order chi connectivity index (χ0) is 15.5. The Morgan fingerprint density at radius 3 is 2.00 bits per heavy atom. The van der Waals surface area contributed by atoms with E-state index < -0.39 is 0 Å². The average Bonchev–Trinajstić information content (AvgIpc) is 2.37. The molecular weight excluding hydrogens is 246 g/mol. The minimum Gasteiger partial charge on any atom is -0.302 e. The SMILES string of the molecule is CCC(=O)c1ccc([C@@H]([C@H](C)C(C)(C)C)N(C)C)cc1. The molecule has 0 amide bonds. The highest BCUT2D eigenvalue weighted by atomic mass is 16.1. The van der Waals surface area contributed by atoms with Crippen LogP contribution in [0.2, 0.25) is 0 Å². The van der Waals surface area contributed by atoms with E-state index in [0.717, 1.165) is 5.56 Å². The van der Waals surface area contributed by atoms with E-state index in [2.05, 4.69) is 58.8 Å². The first-order valence-corrected chi connectivity index (χ1v) is 7.48. The number of Topliss-reactive ketones (excluding diaryl/α,β-unsaturated/α-hetero) is 1. The summed E-state index contributed by atoms with van der Waals surface area (Å²) in [4.78, 5) is 14.0. The summed E-state index contributed by atoms with van der Waals surface area (Å²) in [5.74, 6) is 0.729. The normalized spacial score (nSPS) is 15.2. The van der Waals surface area contributed by atoms with Gasteiger partial charge in [0.05, 0.1) is 0 Å². The fourth-order valence-corrected chi connectivity index (χ4v) is 2.58. The smallest absolute Gasteiger partial charge is 0.162 e. The second-order valence-electron chi connectivity index (χ2n) is 6.96. The van der Waals surface area contributed by atoms with Crippen LogP contribution in [0.4, 0.5) is 0 Å². The molecule has 2 nitrogen and oxygen atoms in total. The number of hydrogen-bond donors (Lipinski definition) is 0. The Bertz CT molecular complexity index is 439. The summed E-state index contributed by atoms with van der Waals surface area (Å²) in [6, 6.07) is 8.51. The first-order chi connectivity index (χ1) is 9.18. The lowest BCUT2D eigenvalue weighted by atomic mass is 9.75. The number of carbonyl (C=O) groups is 1. The van der Waals surface area contributed by atoms with Crippen molar-refractivity contribution in [2.75, 3.05) is 14.1 Å². The fraction of sp³-hybridized carbons (Fsp3) is 0.611. The van der Waals surface area contributed by atoms with Gasteiger partial charge in [0.1, 0.15) is 0 Å². The molecule has 0 N–H and O–H groups in total. The van der Waals surface area contributed by atoms with Gasteiger partial charge in [0.25, 0.3) is 0 Å². The van der Waals surface area contributed by atoms with Crippen LogP contribution in [0.5, 0.6) is 0 Å². The fourth-order valence-electron chi connectivity index (χ4n) is 2.58. The van der Waals surface area contributed by atoms with Crippen LogP contribution in [-0.2, 0) is 0 Å². The summed E-state index contributed by atoms with van der Waals surface area (Å²) in [6.07, 6.45) is 0.564. The molecule has 0 aliphatic carbocycles. The van der Waals surface area contributed by atoms with E-state index in [0.29, 0.717) is 18.4 Å². The first-order valence-electron chi connectivity index (χ1n) is 7.48. The standard InChI is InChI=1S/C18H29NO/c1-8-16(20)14-9-11-15(12-10-14)17(19(6)7)13(2)18(3,4)5/h9-13,17H,8H2,1-7H3/t13-,17+/m0/s1. The lowest BCUT2D eigenvalue weighted by molar-refractivity contribution is 0.0988. The van der Waals surface area contributed by atoms with Crippen LogP contribution < -0.4 is 0 Å². The Kier molecular flexibility index (Phi) is 5.52. The topological polar surface area (TPSA) is 20.3 Å². The van der Waals surface area contributed by atoms with Gasteiger partial charge >= 0.3 is 0 Å². The maximum absolute atomic E-state index is 11.7. The Hall–Kier alpha value is -1.15. The lowest BCUT2D eigenvalue weighted by Crippen LogP contribution is -2.33. The predicted molar refractivity (Wildman–Crippen MR) is 86.1 cm³/mol. The second-order valence-corrected chi connectivity index (χ2v) is 6.96. The molecule has 112 valence electrons. The molecule has 0 bridgehead atoms. The summed E-state index contributed by atoms with van der Waals surface area (Å²) in [7, 11) is 4.25. The van der Waals surface area contributed by atoms with Gasteiger partial charge in [0.2, 0.25) is 0 Å². The molecule has 1 aromatic rings. The number of carbonyl (C=O) groups excluding carboxylic acids is 1. The van der Waals surface area contributed by atoms with Crippen LogP contribution in [0.3, 0.4) is 0 Å². The number of benzene rings is 1. The molecule has 0 unspecified atom stereocenters. The van der Waals surface area contributed by atoms with Gasteiger partial charge in [-0.2, -0.15) is 0 Å². The maximum atomic E-state index is 11.7. The second kappa shape index (κ2) is 6.53. The maximum Gasteiger partial charge on any atom is 0.162 e. The third kappa shape index (κ3) is 3.92. The molecule has 2 heteroatoms. The van der Waals surface area contributed by atoms with Crippen molar-refractivity contribution in [3.63, 3.8) is 0 Å². The summed E-state index contributed by atoms with van der Waals surface area (Å²) in [5.41, 5.74) is 2.34. The third-order valence-corrected chi connectivity index (χ3v) is 4.29. The van der Waals surface area contributed by atoms with Crippen molar-refractivity contribution >= 4 is 5.78 Å². The van der Waals surface area contributed by atoms with E-state index in [-0.39, 0.29) is 11.2 Å². The monoisotopic (exact) mass is 275 g/mol. The molecule has 0 saturated carbocycles. The summed E-state index contributed by atoms with van der Waals surface area (Å²) >= 11 is 0. The quantitative estimate of drug-likeness (QED) is 0.734. The number of ketones is 1. The van der Waals surface area contributed by atoms with Crippen LogP contribution in [0, 0.1) is 11.3 Å². The van der Waals surface area contributed by atoms with Crippen molar-refractivity contribution < 1.29 is 4.79 Å².